The Morgan fingerprint density at radius 1 is 1.23 bits per heavy atom. The van der Waals surface area contributed by atoms with Crippen molar-refractivity contribution in [2.75, 3.05) is 4.90 Å². The van der Waals surface area contributed by atoms with E-state index in [2.05, 4.69) is 19.1 Å². The van der Waals surface area contributed by atoms with Gasteiger partial charge in [-0.3, -0.25) is 14.5 Å². The molecule has 3 aliphatic rings. The second-order valence-corrected chi connectivity index (χ2v) is 7.15. The quantitative estimate of drug-likeness (QED) is 0.633. The Morgan fingerprint density at radius 3 is 2.50 bits per heavy atom. The molecule has 0 unspecified atom stereocenters. The van der Waals surface area contributed by atoms with Crippen molar-refractivity contribution in [3.05, 3.63) is 42.0 Å². The van der Waals surface area contributed by atoms with Crippen LogP contribution in [0.3, 0.4) is 0 Å². The molecule has 1 aromatic rings. The minimum atomic E-state index is -0.0534. The number of hydrogen-bond acceptors (Lipinski definition) is 2. The van der Waals surface area contributed by atoms with Crippen molar-refractivity contribution in [3.63, 3.8) is 0 Å². The molecule has 2 amide bonds. The molecule has 1 spiro atoms. The van der Waals surface area contributed by atoms with Crippen LogP contribution in [0.25, 0.3) is 0 Å². The van der Waals surface area contributed by atoms with Gasteiger partial charge in [-0.15, -0.1) is 0 Å². The Bertz CT molecular complexity index is 674. The maximum absolute atomic E-state index is 13.1. The summed E-state index contributed by atoms with van der Waals surface area (Å²) in [7, 11) is 0. The van der Waals surface area contributed by atoms with E-state index in [9.17, 15) is 9.59 Å². The van der Waals surface area contributed by atoms with Gasteiger partial charge < -0.3 is 0 Å². The predicted molar refractivity (Wildman–Crippen MR) is 85.2 cm³/mol. The molecule has 2 bridgehead atoms. The fraction of sp³-hybridized carbons (Fsp3) is 0.474. The number of nitrogens with zero attached hydrogens (tertiary/aromatic N) is 1. The molecule has 2 fully saturated rings. The van der Waals surface area contributed by atoms with Gasteiger partial charge in [-0.1, -0.05) is 37.3 Å². The summed E-state index contributed by atoms with van der Waals surface area (Å²) < 4.78 is 0. The Balaban J connectivity index is 1.68. The van der Waals surface area contributed by atoms with E-state index in [0.29, 0.717) is 35.3 Å². The fourth-order valence-electron chi connectivity index (χ4n) is 4.98. The second-order valence-electron chi connectivity index (χ2n) is 7.15. The monoisotopic (exact) mass is 295 g/mol. The van der Waals surface area contributed by atoms with Crippen molar-refractivity contribution < 1.29 is 9.59 Å². The van der Waals surface area contributed by atoms with E-state index in [-0.39, 0.29) is 11.8 Å². The Labute approximate surface area is 131 Å². The first-order valence-corrected chi connectivity index (χ1v) is 8.12. The van der Waals surface area contributed by atoms with Crippen LogP contribution in [-0.2, 0) is 9.59 Å². The van der Waals surface area contributed by atoms with Gasteiger partial charge in [-0.2, -0.15) is 0 Å². The highest BCUT2D eigenvalue weighted by atomic mass is 16.2. The molecule has 0 heterocycles. The number of amides is 2. The third kappa shape index (κ3) is 1.62. The van der Waals surface area contributed by atoms with Crippen LogP contribution in [0, 0.1) is 36.0 Å². The van der Waals surface area contributed by atoms with E-state index in [1.54, 1.807) is 0 Å². The lowest BCUT2D eigenvalue weighted by Crippen LogP contribution is -2.40. The van der Waals surface area contributed by atoms with Gasteiger partial charge in [0.15, 0.2) is 0 Å². The highest BCUT2D eigenvalue weighted by Crippen LogP contribution is 2.72. The molecule has 2 saturated carbocycles. The molecule has 0 radical (unpaired) electrons. The fourth-order valence-corrected chi connectivity index (χ4v) is 4.98. The lowest BCUT2D eigenvalue weighted by atomic mass is 9.83. The Morgan fingerprint density at radius 2 is 1.91 bits per heavy atom. The first kappa shape index (κ1) is 13.7. The first-order valence-electron chi connectivity index (χ1n) is 8.12. The smallest absolute Gasteiger partial charge is 0.237 e. The molecule has 0 aliphatic heterocycles. The van der Waals surface area contributed by atoms with Crippen LogP contribution in [-0.4, -0.2) is 12.3 Å². The van der Waals surface area contributed by atoms with Crippen molar-refractivity contribution in [1.82, 2.24) is 0 Å². The summed E-state index contributed by atoms with van der Waals surface area (Å²) in [4.78, 5) is 26.1. The van der Waals surface area contributed by atoms with Crippen LogP contribution in [0.1, 0.15) is 25.3 Å². The molecule has 114 valence electrons. The second kappa shape index (κ2) is 4.55. The van der Waals surface area contributed by atoms with E-state index >= 15 is 0 Å². The zero-order valence-corrected chi connectivity index (χ0v) is 13.0. The van der Waals surface area contributed by atoms with Crippen LogP contribution in [0.4, 0.5) is 5.69 Å². The molecule has 4 rings (SSSR count). The van der Waals surface area contributed by atoms with Crippen molar-refractivity contribution in [3.8, 4) is 0 Å². The lowest BCUT2D eigenvalue weighted by molar-refractivity contribution is -0.126. The molecule has 0 aromatic heterocycles. The normalized spacial score (nSPS) is 33.2. The van der Waals surface area contributed by atoms with E-state index < -0.39 is 0 Å². The number of carbonyl (C=O) groups is 2. The lowest BCUT2D eigenvalue weighted by Gasteiger charge is -2.28. The predicted octanol–water partition coefficient (Wildman–Crippen LogP) is 3.33. The highest BCUT2D eigenvalue weighted by molar-refractivity contribution is 6.09. The maximum atomic E-state index is 13.1. The van der Waals surface area contributed by atoms with E-state index in [1.807, 2.05) is 31.2 Å². The number of aryl methyl sites for hydroxylation is 1. The highest BCUT2D eigenvalue weighted by Gasteiger charge is 2.67. The van der Waals surface area contributed by atoms with Gasteiger partial charge in [0.2, 0.25) is 12.3 Å². The van der Waals surface area contributed by atoms with E-state index in [0.717, 1.165) is 5.56 Å². The summed E-state index contributed by atoms with van der Waals surface area (Å²) in [5.74, 6) is 1.10. The zero-order chi connectivity index (χ0) is 15.5. The molecule has 4 atom stereocenters. The van der Waals surface area contributed by atoms with Crippen LogP contribution >= 0.6 is 0 Å². The molecule has 3 heteroatoms. The summed E-state index contributed by atoms with van der Waals surface area (Å²) in [5, 5.41) is 0. The molecule has 22 heavy (non-hydrogen) atoms. The van der Waals surface area contributed by atoms with E-state index in [1.165, 1.54) is 17.7 Å². The zero-order valence-electron chi connectivity index (χ0n) is 13.0. The third-order valence-corrected chi connectivity index (χ3v) is 6.20. The van der Waals surface area contributed by atoms with Crippen molar-refractivity contribution in [1.29, 1.82) is 0 Å². The Kier molecular flexibility index (Phi) is 2.84. The molecule has 1 aromatic carbocycles. The van der Waals surface area contributed by atoms with Gasteiger partial charge in [-0.25, -0.2) is 0 Å². The van der Waals surface area contributed by atoms with Crippen LogP contribution in [0.2, 0.25) is 0 Å². The average molecular weight is 295 g/mol. The van der Waals surface area contributed by atoms with Gasteiger partial charge >= 0.3 is 0 Å². The number of imide groups is 1. The summed E-state index contributed by atoms with van der Waals surface area (Å²) in [5.41, 5.74) is 2.02. The van der Waals surface area contributed by atoms with Crippen molar-refractivity contribution >= 4 is 18.0 Å². The van der Waals surface area contributed by atoms with Gasteiger partial charge in [0, 0.05) is 5.92 Å². The topological polar surface area (TPSA) is 37.4 Å². The number of anilines is 1. The van der Waals surface area contributed by atoms with Crippen LogP contribution < -0.4 is 4.90 Å². The Hall–Kier alpha value is -1.90. The van der Waals surface area contributed by atoms with Gasteiger partial charge in [0.1, 0.15) is 0 Å². The minimum Gasteiger partial charge on any atom is -0.278 e. The number of allylic oxidation sites excluding steroid dienone is 2. The number of benzene rings is 1. The molecule has 0 N–H and O–H groups in total. The van der Waals surface area contributed by atoms with E-state index in [4.69, 9.17) is 0 Å². The number of carbonyl (C=O) groups excluding carboxylic acids is 2. The third-order valence-electron chi connectivity index (χ3n) is 6.20. The summed E-state index contributed by atoms with van der Waals surface area (Å²) in [6, 6.07) is 7.58. The average Bonchev–Trinajstić information content (AvgIpc) is 3.17. The number of hydrogen-bond donors (Lipinski definition) is 0. The number of rotatable bonds is 3. The minimum absolute atomic E-state index is 0.0278. The van der Waals surface area contributed by atoms with Crippen LogP contribution in [0.5, 0.6) is 0 Å². The summed E-state index contributed by atoms with van der Waals surface area (Å²) in [6.07, 6.45) is 7.70. The summed E-state index contributed by atoms with van der Waals surface area (Å²) >= 11 is 0. The molecular weight excluding hydrogens is 274 g/mol. The summed E-state index contributed by atoms with van der Waals surface area (Å²) in [6.45, 7) is 4.11. The molecule has 3 aliphatic carbocycles. The standard InChI is InChI=1S/C19H21NO2/c1-12-5-3-4-6-16(12)20(11-21)18(22)17-13(2)14-7-8-15(17)19(14)9-10-19/h3-8,11,13-15,17H,9-10H2,1-2H3/t13-,14-,15-,17+/m1/s1. The van der Waals surface area contributed by atoms with Gasteiger partial charge in [0.25, 0.3) is 0 Å². The van der Waals surface area contributed by atoms with Crippen LogP contribution in [0.15, 0.2) is 36.4 Å². The van der Waals surface area contributed by atoms with Crippen molar-refractivity contribution in [2.24, 2.45) is 29.1 Å². The van der Waals surface area contributed by atoms with Crippen molar-refractivity contribution in [2.45, 2.75) is 26.7 Å². The number of para-hydroxylation sites is 1. The molecule has 0 saturated heterocycles. The van der Waals surface area contributed by atoms with Gasteiger partial charge in [0.05, 0.1) is 5.69 Å². The SMILES string of the molecule is Cc1ccccc1N(C=O)C(=O)[C@H]1[C@H](C)[C@H]2C=C[C@H]1C21CC1. The van der Waals surface area contributed by atoms with Gasteiger partial charge in [-0.05, 0) is 54.6 Å². The largest absolute Gasteiger partial charge is 0.278 e. The molecule has 3 nitrogen and oxygen atoms in total. The first-order chi connectivity index (χ1) is 10.6. The molecular formula is C19H21NO2. The maximum Gasteiger partial charge on any atom is 0.237 e.